The quantitative estimate of drug-likeness (QED) is 0.337. The van der Waals surface area contributed by atoms with Crippen LogP contribution in [0, 0.1) is 0 Å². The lowest BCUT2D eigenvalue weighted by Gasteiger charge is -2.36. The molecule has 0 atom stereocenters. The van der Waals surface area contributed by atoms with Crippen molar-refractivity contribution in [1.82, 2.24) is 0 Å². The molecule has 0 N–H and O–H groups in total. The topological polar surface area (TPSA) is 0 Å². The normalized spacial score (nSPS) is 16.7. The smallest absolute Gasteiger partial charge is 0.195 e. The van der Waals surface area contributed by atoms with E-state index in [2.05, 4.69) is 0 Å². The van der Waals surface area contributed by atoms with Gasteiger partial charge in [-0.1, -0.05) is 0 Å². The molecule has 0 fully saturated rings. The summed E-state index contributed by atoms with van der Waals surface area (Å²) in [5, 5.41) is 0. The Labute approximate surface area is 130 Å². The van der Waals surface area contributed by atoms with Crippen LogP contribution in [0.1, 0.15) is 0 Å². The predicted molar refractivity (Wildman–Crippen MR) is 54.0 cm³/mol. The molecular weight excluding hydrogens is 489 g/mol. The maximum Gasteiger partial charge on any atom is 0.460 e. The number of allylic oxidation sites excluding steroid dienone is 2. The van der Waals surface area contributed by atoms with Crippen molar-refractivity contribution in [3.8, 4) is 0 Å². The molecule has 0 heterocycles. The van der Waals surface area contributed by atoms with E-state index in [4.69, 9.17) is 0 Å². The average Bonchev–Trinajstić information content (AvgIpc) is 2.24. The first-order valence-corrected chi connectivity index (χ1v) is 5.74. The van der Waals surface area contributed by atoms with Gasteiger partial charge in [-0.3, -0.25) is 0 Å². The van der Waals surface area contributed by atoms with E-state index in [1.807, 2.05) is 0 Å². The maximum absolute atomic E-state index is 12.9. The van der Waals surface area contributed by atoms with Crippen molar-refractivity contribution >= 4 is 22.6 Å². The van der Waals surface area contributed by atoms with Crippen molar-refractivity contribution < 1.29 is 61.5 Å². The Morgan fingerprint density at radius 2 is 0.913 bits per heavy atom. The summed E-state index contributed by atoms with van der Waals surface area (Å²) in [5.74, 6) is -29.5. The molecule has 0 spiro atoms. The van der Waals surface area contributed by atoms with Gasteiger partial charge in [0.1, 0.15) is 0 Å². The van der Waals surface area contributed by atoms with Crippen molar-refractivity contribution in [2.24, 2.45) is 0 Å². The second-order valence-corrected chi connectivity index (χ2v) is 5.00. The van der Waals surface area contributed by atoms with Crippen LogP contribution in [0.5, 0.6) is 0 Å². The summed E-state index contributed by atoms with van der Waals surface area (Å²) in [7, 11) is 0. The summed E-state index contributed by atoms with van der Waals surface area (Å²) >= 11 is -0.0531. The molecule has 0 radical (unpaired) electrons. The van der Waals surface area contributed by atoms with E-state index in [-0.39, 0.29) is 22.6 Å². The molecule has 0 aromatic carbocycles. The first-order chi connectivity index (χ1) is 9.63. The molecule has 0 aliphatic carbocycles. The second kappa shape index (κ2) is 5.79. The van der Waals surface area contributed by atoms with Crippen LogP contribution in [-0.2, 0) is 0 Å². The summed E-state index contributed by atoms with van der Waals surface area (Å²) in [6.07, 6.45) is -15.0. The molecule has 0 unspecified atom stereocenters. The summed E-state index contributed by atoms with van der Waals surface area (Å²) in [6.45, 7) is 0. The molecule has 0 aromatic rings. The highest BCUT2D eigenvalue weighted by Crippen LogP contribution is 2.58. The number of hydrogen-bond acceptors (Lipinski definition) is 0. The van der Waals surface area contributed by atoms with E-state index in [9.17, 15) is 61.5 Å². The standard InChI is InChI=1S/C8HF14I/c9-3(10,1-2(23)4(11,12)13)5(14,15)6(16,17)7(18,19)8(20,21)22/h1H. The minimum Gasteiger partial charge on any atom is -0.195 e. The minimum absolute atomic E-state index is 0.0531. The first-order valence-electron chi connectivity index (χ1n) is 4.66. The zero-order chi connectivity index (χ0) is 19.3. The Bertz CT molecular complexity index is 466. The Kier molecular flexibility index (Phi) is 5.66. The van der Waals surface area contributed by atoms with Gasteiger partial charge in [0.15, 0.2) is 0 Å². The van der Waals surface area contributed by atoms with E-state index in [0.29, 0.717) is 0 Å². The van der Waals surface area contributed by atoms with E-state index in [1.165, 1.54) is 0 Å². The molecular formula is C8HF14I. The summed E-state index contributed by atoms with van der Waals surface area (Å²) in [5.41, 5.74) is 0. The van der Waals surface area contributed by atoms with Crippen molar-refractivity contribution in [1.29, 1.82) is 0 Å². The van der Waals surface area contributed by atoms with Crippen molar-refractivity contribution in [2.45, 2.75) is 36.0 Å². The molecule has 0 rings (SSSR count). The summed E-state index contributed by atoms with van der Waals surface area (Å²) < 4.78 is 170. The monoisotopic (exact) mass is 490 g/mol. The van der Waals surface area contributed by atoms with Gasteiger partial charge in [-0.05, 0) is 22.6 Å². The lowest BCUT2D eigenvalue weighted by molar-refractivity contribution is -0.417. The highest BCUT2D eigenvalue weighted by molar-refractivity contribution is 14.1. The maximum atomic E-state index is 12.9. The van der Waals surface area contributed by atoms with Gasteiger partial charge in [-0.25, -0.2) is 0 Å². The largest absolute Gasteiger partial charge is 0.460 e. The van der Waals surface area contributed by atoms with Crippen LogP contribution < -0.4 is 0 Å². The third-order valence-corrected chi connectivity index (χ3v) is 3.07. The Balaban J connectivity index is 6.16. The second-order valence-electron chi connectivity index (χ2n) is 3.83. The Morgan fingerprint density at radius 1 is 0.565 bits per heavy atom. The highest BCUT2D eigenvalue weighted by Gasteiger charge is 2.86. The van der Waals surface area contributed by atoms with Crippen LogP contribution in [0.2, 0.25) is 0 Å². The molecule has 23 heavy (non-hydrogen) atoms. The minimum atomic E-state index is -7.74. The molecule has 0 amide bonds. The Hall–Kier alpha value is -0.510. The third-order valence-electron chi connectivity index (χ3n) is 2.14. The zero-order valence-corrected chi connectivity index (χ0v) is 11.9. The summed E-state index contributed by atoms with van der Waals surface area (Å²) in [4.78, 5) is 0. The number of rotatable bonds is 4. The van der Waals surface area contributed by atoms with Crippen LogP contribution in [-0.4, -0.2) is 36.0 Å². The fraction of sp³-hybridized carbons (Fsp3) is 0.750. The molecule has 0 saturated heterocycles. The van der Waals surface area contributed by atoms with E-state index >= 15 is 0 Å². The fourth-order valence-electron chi connectivity index (χ4n) is 0.916. The van der Waals surface area contributed by atoms with Crippen LogP contribution >= 0.6 is 22.6 Å². The molecule has 0 saturated carbocycles. The van der Waals surface area contributed by atoms with Crippen LogP contribution in [0.3, 0.4) is 0 Å². The lowest BCUT2D eigenvalue weighted by atomic mass is 9.98. The first kappa shape index (κ1) is 22.5. The number of halogens is 15. The van der Waals surface area contributed by atoms with Gasteiger partial charge in [0.25, 0.3) is 0 Å². The zero-order valence-electron chi connectivity index (χ0n) is 9.75. The van der Waals surface area contributed by atoms with Crippen molar-refractivity contribution in [2.75, 3.05) is 0 Å². The third kappa shape index (κ3) is 3.78. The molecule has 138 valence electrons. The van der Waals surface area contributed by atoms with Gasteiger partial charge in [0.05, 0.1) is 3.58 Å². The van der Waals surface area contributed by atoms with E-state index in [1.54, 1.807) is 0 Å². The van der Waals surface area contributed by atoms with Gasteiger partial charge in [0, 0.05) is 6.08 Å². The molecule has 0 bridgehead atoms. The SMILES string of the molecule is FC(F)(F)C(I)=CC(F)(F)C(F)(F)C(F)(F)C(F)(F)C(F)(F)F. The highest BCUT2D eigenvalue weighted by atomic mass is 127. The van der Waals surface area contributed by atoms with Crippen molar-refractivity contribution in [3.63, 3.8) is 0 Å². The van der Waals surface area contributed by atoms with Gasteiger partial charge >= 0.3 is 36.0 Å². The fourth-order valence-corrected chi connectivity index (χ4v) is 1.31. The molecule has 15 heteroatoms. The average molecular weight is 490 g/mol. The Morgan fingerprint density at radius 3 is 1.17 bits per heavy atom. The van der Waals surface area contributed by atoms with Gasteiger partial charge < -0.3 is 0 Å². The van der Waals surface area contributed by atoms with Crippen LogP contribution in [0.25, 0.3) is 0 Å². The van der Waals surface area contributed by atoms with E-state index < -0.39 is 45.7 Å². The number of hydrogen-bond donors (Lipinski definition) is 0. The summed E-state index contributed by atoms with van der Waals surface area (Å²) in [6, 6.07) is 0. The number of alkyl halides is 14. The predicted octanol–water partition coefficient (Wildman–Crippen LogP) is 5.97. The molecule has 0 aliphatic rings. The molecule has 0 aliphatic heterocycles. The van der Waals surface area contributed by atoms with Gasteiger partial charge in [-0.2, -0.15) is 61.5 Å². The van der Waals surface area contributed by atoms with E-state index in [0.717, 1.165) is 0 Å². The lowest BCUT2D eigenvalue weighted by Crippen LogP contribution is -2.66. The molecule has 0 aromatic heterocycles. The molecule has 0 nitrogen and oxygen atoms in total. The van der Waals surface area contributed by atoms with Gasteiger partial charge in [0.2, 0.25) is 0 Å². The van der Waals surface area contributed by atoms with Crippen LogP contribution in [0.15, 0.2) is 9.66 Å². The van der Waals surface area contributed by atoms with Crippen LogP contribution in [0.4, 0.5) is 61.5 Å². The van der Waals surface area contributed by atoms with Crippen molar-refractivity contribution in [3.05, 3.63) is 9.66 Å². The van der Waals surface area contributed by atoms with Gasteiger partial charge in [-0.15, -0.1) is 0 Å².